The number of benzene rings is 3. The predicted octanol–water partition coefficient (Wildman–Crippen LogP) is 4.78. The van der Waals surface area contributed by atoms with Crippen LogP contribution in [0.15, 0.2) is 89.6 Å². The highest BCUT2D eigenvalue weighted by Crippen LogP contribution is 2.25. The number of carbonyl (C=O) groups excluding carboxylic acids is 2. The summed E-state index contributed by atoms with van der Waals surface area (Å²) < 4.78 is 11.1. The van der Waals surface area contributed by atoms with E-state index >= 15 is 0 Å². The number of anilines is 1. The summed E-state index contributed by atoms with van der Waals surface area (Å²) in [5.41, 5.74) is 2.26. The molecule has 0 atom stereocenters. The Balaban J connectivity index is 1.54. The fourth-order valence-electron chi connectivity index (χ4n) is 2.88. The van der Waals surface area contributed by atoms with Crippen molar-refractivity contribution in [2.24, 2.45) is 4.99 Å². The Hall–Kier alpha value is -4.19. The Labute approximate surface area is 173 Å². The van der Waals surface area contributed by atoms with Crippen LogP contribution in [0.4, 0.5) is 5.69 Å². The molecule has 1 N–H and O–H groups in total. The van der Waals surface area contributed by atoms with Crippen LogP contribution in [0.2, 0.25) is 0 Å². The number of esters is 1. The summed E-state index contributed by atoms with van der Waals surface area (Å²) >= 11 is 0. The molecular formula is C24H18N2O4. The van der Waals surface area contributed by atoms with Gasteiger partial charge < -0.3 is 14.8 Å². The van der Waals surface area contributed by atoms with Crippen LogP contribution in [0.1, 0.15) is 18.1 Å². The molecule has 0 aromatic heterocycles. The molecule has 4 rings (SSSR count). The van der Waals surface area contributed by atoms with Crippen molar-refractivity contribution >= 4 is 29.5 Å². The minimum atomic E-state index is -0.523. The lowest BCUT2D eigenvalue weighted by Crippen LogP contribution is -2.07. The Morgan fingerprint density at radius 3 is 2.43 bits per heavy atom. The highest BCUT2D eigenvalue weighted by Gasteiger charge is 2.24. The van der Waals surface area contributed by atoms with E-state index in [0.29, 0.717) is 17.0 Å². The number of para-hydroxylation sites is 1. The summed E-state index contributed by atoms with van der Waals surface area (Å²) in [5, 5.41) is 2.69. The molecule has 0 radical (unpaired) electrons. The van der Waals surface area contributed by atoms with E-state index in [1.165, 1.54) is 6.92 Å². The second-order valence-electron chi connectivity index (χ2n) is 6.58. The van der Waals surface area contributed by atoms with E-state index in [4.69, 9.17) is 9.47 Å². The minimum absolute atomic E-state index is 0.156. The normalized spacial score (nSPS) is 14.2. The molecule has 1 aliphatic rings. The van der Waals surface area contributed by atoms with E-state index in [9.17, 15) is 9.59 Å². The maximum atomic E-state index is 12.3. The van der Waals surface area contributed by atoms with Crippen molar-refractivity contribution in [1.29, 1.82) is 0 Å². The van der Waals surface area contributed by atoms with Crippen LogP contribution in [0.25, 0.3) is 6.08 Å². The van der Waals surface area contributed by atoms with Gasteiger partial charge in [0.25, 0.3) is 0 Å². The lowest BCUT2D eigenvalue weighted by molar-refractivity contribution is -0.129. The van der Waals surface area contributed by atoms with Crippen LogP contribution < -0.4 is 10.1 Å². The molecule has 148 valence electrons. The number of rotatable bonds is 5. The number of hydrogen-bond donors (Lipinski definition) is 1. The fourth-order valence-corrected chi connectivity index (χ4v) is 2.88. The van der Waals surface area contributed by atoms with Gasteiger partial charge in [-0.05, 0) is 60.2 Å². The zero-order chi connectivity index (χ0) is 20.9. The maximum Gasteiger partial charge on any atom is 0.363 e. The quantitative estimate of drug-likeness (QED) is 0.496. The summed E-state index contributed by atoms with van der Waals surface area (Å²) in [4.78, 5) is 27.7. The smallest absolute Gasteiger partial charge is 0.363 e. The van der Waals surface area contributed by atoms with Crippen molar-refractivity contribution in [2.45, 2.75) is 6.92 Å². The number of aliphatic imine (C=N–C) groups is 1. The van der Waals surface area contributed by atoms with E-state index < -0.39 is 5.97 Å². The number of hydrogen-bond acceptors (Lipinski definition) is 5. The fraction of sp³-hybridized carbons (Fsp3) is 0.0417. The number of ether oxygens (including phenoxy) is 2. The average Bonchev–Trinajstić information content (AvgIpc) is 3.09. The van der Waals surface area contributed by atoms with Crippen LogP contribution in [-0.2, 0) is 14.3 Å². The molecule has 1 heterocycles. The third kappa shape index (κ3) is 4.62. The first kappa shape index (κ1) is 19.1. The summed E-state index contributed by atoms with van der Waals surface area (Å²) in [6.07, 6.45) is 1.65. The second-order valence-corrected chi connectivity index (χ2v) is 6.58. The largest absolute Gasteiger partial charge is 0.457 e. The van der Waals surface area contributed by atoms with Crippen LogP contribution in [-0.4, -0.2) is 17.8 Å². The molecule has 3 aromatic rings. The van der Waals surface area contributed by atoms with Crippen molar-refractivity contribution in [3.8, 4) is 11.5 Å². The van der Waals surface area contributed by atoms with Gasteiger partial charge in [-0.1, -0.05) is 30.3 Å². The van der Waals surface area contributed by atoms with Crippen LogP contribution in [0.3, 0.4) is 0 Å². The van der Waals surface area contributed by atoms with E-state index in [-0.39, 0.29) is 17.5 Å². The summed E-state index contributed by atoms with van der Waals surface area (Å²) in [6.45, 7) is 1.44. The van der Waals surface area contributed by atoms with Crippen molar-refractivity contribution in [3.05, 3.63) is 95.7 Å². The molecule has 0 unspecified atom stereocenters. The summed E-state index contributed by atoms with van der Waals surface area (Å²) in [5.74, 6) is 0.920. The number of carbonyl (C=O) groups is 2. The lowest BCUT2D eigenvalue weighted by Gasteiger charge is -2.05. The average molecular weight is 398 g/mol. The maximum absolute atomic E-state index is 12.3. The van der Waals surface area contributed by atoms with Crippen molar-refractivity contribution < 1.29 is 19.1 Å². The first-order valence-electron chi connectivity index (χ1n) is 9.30. The van der Waals surface area contributed by atoms with Gasteiger partial charge in [0.15, 0.2) is 5.70 Å². The second kappa shape index (κ2) is 8.45. The van der Waals surface area contributed by atoms with Gasteiger partial charge in [-0.3, -0.25) is 4.79 Å². The van der Waals surface area contributed by atoms with Crippen LogP contribution >= 0.6 is 0 Å². The van der Waals surface area contributed by atoms with E-state index in [0.717, 1.165) is 11.3 Å². The molecule has 6 nitrogen and oxygen atoms in total. The first-order chi connectivity index (χ1) is 14.6. The van der Waals surface area contributed by atoms with Crippen LogP contribution in [0.5, 0.6) is 11.5 Å². The highest BCUT2D eigenvalue weighted by molar-refractivity contribution is 6.13. The highest BCUT2D eigenvalue weighted by atomic mass is 16.6. The standard InChI is InChI=1S/C24H18N2O4/c1-16(27)25-19-12-10-18(11-13-19)23-26-22(24(28)30-23)15-17-6-5-9-21(14-17)29-20-7-3-2-4-8-20/h2-15H,1H3,(H,25,27)/b22-15-. The van der Waals surface area contributed by atoms with Gasteiger partial charge in [0.2, 0.25) is 11.8 Å². The third-order valence-corrected chi connectivity index (χ3v) is 4.21. The summed E-state index contributed by atoms with van der Waals surface area (Å²) in [6, 6.07) is 23.7. The monoisotopic (exact) mass is 398 g/mol. The van der Waals surface area contributed by atoms with Crippen molar-refractivity contribution in [3.63, 3.8) is 0 Å². The minimum Gasteiger partial charge on any atom is -0.457 e. The first-order valence-corrected chi connectivity index (χ1v) is 9.30. The Bertz CT molecular complexity index is 1150. The number of nitrogens with one attached hydrogen (secondary N) is 1. The summed E-state index contributed by atoms with van der Waals surface area (Å²) in [7, 11) is 0. The zero-order valence-corrected chi connectivity index (χ0v) is 16.2. The molecular weight excluding hydrogens is 380 g/mol. The van der Waals surface area contributed by atoms with Crippen molar-refractivity contribution in [1.82, 2.24) is 0 Å². The van der Waals surface area contributed by atoms with E-state index in [2.05, 4.69) is 10.3 Å². The van der Waals surface area contributed by atoms with Gasteiger partial charge in [0, 0.05) is 18.2 Å². The number of cyclic esters (lactones) is 1. The molecule has 30 heavy (non-hydrogen) atoms. The molecule has 0 fully saturated rings. The molecule has 1 amide bonds. The van der Waals surface area contributed by atoms with Gasteiger partial charge in [-0.15, -0.1) is 0 Å². The van der Waals surface area contributed by atoms with E-state index in [1.54, 1.807) is 30.3 Å². The molecule has 0 aliphatic carbocycles. The molecule has 1 aliphatic heterocycles. The van der Waals surface area contributed by atoms with Gasteiger partial charge >= 0.3 is 5.97 Å². The zero-order valence-electron chi connectivity index (χ0n) is 16.2. The van der Waals surface area contributed by atoms with Gasteiger partial charge in [0.05, 0.1) is 0 Å². The third-order valence-electron chi connectivity index (χ3n) is 4.21. The van der Waals surface area contributed by atoms with Gasteiger partial charge in [-0.2, -0.15) is 0 Å². The van der Waals surface area contributed by atoms with Crippen LogP contribution in [0, 0.1) is 0 Å². The molecule has 6 heteroatoms. The lowest BCUT2D eigenvalue weighted by atomic mass is 10.2. The Morgan fingerprint density at radius 1 is 0.967 bits per heavy atom. The number of amides is 1. The number of nitrogens with zero attached hydrogens (tertiary/aromatic N) is 1. The Kier molecular flexibility index (Phi) is 5.39. The molecule has 3 aromatic carbocycles. The molecule has 0 spiro atoms. The van der Waals surface area contributed by atoms with Gasteiger partial charge in [-0.25, -0.2) is 9.79 Å². The molecule has 0 bridgehead atoms. The SMILES string of the molecule is CC(=O)Nc1ccc(C2=N/C(=C\c3cccc(Oc4ccccc4)c3)C(=O)O2)cc1. The van der Waals surface area contributed by atoms with E-state index in [1.807, 2.05) is 54.6 Å². The predicted molar refractivity (Wildman–Crippen MR) is 114 cm³/mol. The topological polar surface area (TPSA) is 77.0 Å². The Morgan fingerprint density at radius 2 is 1.70 bits per heavy atom. The molecule has 0 saturated carbocycles. The molecule has 0 saturated heterocycles. The van der Waals surface area contributed by atoms with Gasteiger partial charge in [0.1, 0.15) is 11.5 Å². The van der Waals surface area contributed by atoms with Crippen molar-refractivity contribution in [2.75, 3.05) is 5.32 Å².